The molecule has 0 bridgehead atoms. The molecule has 0 fully saturated rings. The van der Waals surface area contributed by atoms with E-state index in [1.54, 1.807) is 55.5 Å². The number of esters is 2. The minimum atomic E-state index is -0.933. The van der Waals surface area contributed by atoms with Gasteiger partial charge < -0.3 is 9.47 Å². The van der Waals surface area contributed by atoms with Crippen LogP contribution in [0.2, 0.25) is 5.02 Å². The SMILES string of the molecule is CCCOC(=O)C(=O)NNc1ccccc1.CCOC(=O)C(=O)NNc1cccc(Cl)c1.O=C(NNc1ccccc1)c1ccccc1. The summed E-state index contributed by atoms with van der Waals surface area (Å²) in [6.45, 7) is 3.88. The van der Waals surface area contributed by atoms with Crippen molar-refractivity contribution in [2.75, 3.05) is 29.5 Å². The number of amides is 3. The number of nitrogens with one attached hydrogen (secondary N) is 6. The second-order valence-electron chi connectivity index (χ2n) is 9.20. The van der Waals surface area contributed by atoms with Crippen molar-refractivity contribution in [3.63, 3.8) is 0 Å². The van der Waals surface area contributed by atoms with Crippen LogP contribution in [-0.2, 0) is 28.7 Å². The lowest BCUT2D eigenvalue weighted by atomic mass is 10.2. The molecule has 0 unspecified atom stereocenters. The number of hydrazine groups is 3. The molecule has 0 saturated carbocycles. The lowest BCUT2D eigenvalue weighted by Gasteiger charge is -2.07. The summed E-state index contributed by atoms with van der Waals surface area (Å²) in [6.07, 6.45) is 0.686. The number of anilines is 3. The van der Waals surface area contributed by atoms with Crippen molar-refractivity contribution in [1.82, 2.24) is 16.3 Å². The summed E-state index contributed by atoms with van der Waals surface area (Å²) in [4.78, 5) is 55.9. The molecule has 0 spiro atoms. The van der Waals surface area contributed by atoms with Crippen molar-refractivity contribution in [3.8, 4) is 0 Å². The largest absolute Gasteiger partial charge is 0.459 e. The number of rotatable bonds is 10. The first-order chi connectivity index (χ1) is 23.2. The molecule has 48 heavy (non-hydrogen) atoms. The predicted molar refractivity (Wildman–Crippen MR) is 183 cm³/mol. The second kappa shape index (κ2) is 22.4. The van der Waals surface area contributed by atoms with Crippen molar-refractivity contribution in [2.24, 2.45) is 0 Å². The van der Waals surface area contributed by atoms with Gasteiger partial charge in [-0.05, 0) is 67.9 Å². The number of carbonyl (C=O) groups excluding carboxylic acids is 5. The fourth-order valence-electron chi connectivity index (χ4n) is 3.22. The first-order valence-corrected chi connectivity index (χ1v) is 15.0. The summed E-state index contributed by atoms with van der Waals surface area (Å²) < 4.78 is 9.15. The van der Waals surface area contributed by atoms with Gasteiger partial charge in [-0.3, -0.25) is 46.9 Å². The van der Waals surface area contributed by atoms with Gasteiger partial charge in [0.25, 0.3) is 5.91 Å². The Labute approximate surface area is 283 Å². The maximum Gasteiger partial charge on any atom is 0.398 e. The maximum atomic E-state index is 11.6. The number of para-hydroxylation sites is 2. The van der Waals surface area contributed by atoms with Gasteiger partial charge in [-0.25, -0.2) is 9.59 Å². The Hall–Kier alpha value is -6.08. The number of benzene rings is 4. The second-order valence-corrected chi connectivity index (χ2v) is 9.64. The summed E-state index contributed by atoms with van der Waals surface area (Å²) in [6, 6.07) is 34.2. The minimum absolute atomic E-state index is 0.149. The fraction of sp³-hybridized carbons (Fsp3) is 0.147. The van der Waals surface area contributed by atoms with Crippen LogP contribution in [0.4, 0.5) is 17.1 Å². The summed E-state index contributed by atoms with van der Waals surface area (Å²) in [5.74, 6) is -3.63. The number of ether oxygens (including phenoxy) is 2. The van der Waals surface area contributed by atoms with Gasteiger partial charge in [0.15, 0.2) is 0 Å². The zero-order valence-corrected chi connectivity index (χ0v) is 27.1. The smallest absolute Gasteiger partial charge is 0.398 e. The third kappa shape index (κ3) is 15.8. The van der Waals surface area contributed by atoms with Crippen molar-refractivity contribution in [1.29, 1.82) is 0 Å². The van der Waals surface area contributed by atoms with Gasteiger partial charge in [-0.2, -0.15) is 0 Å². The molecule has 4 aromatic carbocycles. The molecular formula is C34H37ClN6O7. The Morgan fingerprint density at radius 2 is 1.02 bits per heavy atom. The van der Waals surface area contributed by atoms with Crippen molar-refractivity contribution >= 4 is 58.3 Å². The van der Waals surface area contributed by atoms with Gasteiger partial charge in [-0.1, -0.05) is 79.2 Å². The topological polar surface area (TPSA) is 176 Å². The van der Waals surface area contributed by atoms with E-state index in [1.165, 1.54) is 0 Å². The highest BCUT2D eigenvalue weighted by Crippen LogP contribution is 2.13. The molecule has 13 nitrogen and oxygen atoms in total. The molecule has 0 atom stereocenters. The molecule has 252 valence electrons. The maximum absolute atomic E-state index is 11.6. The number of hydrogen-bond acceptors (Lipinski definition) is 10. The Balaban J connectivity index is 0.000000250. The van der Waals surface area contributed by atoms with E-state index in [1.807, 2.05) is 73.7 Å². The molecule has 4 aromatic rings. The zero-order valence-electron chi connectivity index (χ0n) is 26.3. The molecule has 0 saturated heterocycles. The minimum Gasteiger partial charge on any atom is -0.459 e. The van der Waals surface area contributed by atoms with E-state index in [9.17, 15) is 24.0 Å². The van der Waals surface area contributed by atoms with Crippen LogP contribution >= 0.6 is 11.6 Å². The molecule has 0 aliphatic heterocycles. The standard InChI is InChI=1S/C13H12N2O.C11H14N2O3.C10H11ClN2O3/c16-13(11-7-3-1-4-8-11)15-14-12-9-5-2-6-10-12;1-2-8-16-11(15)10(14)13-12-9-6-4-3-5-7-9;1-2-16-10(15)9(14)13-12-8-5-3-4-7(11)6-8/h1-10,14H,(H,15,16);3-7,12H,2,8H2,1H3,(H,13,14);3-6,12H,2H2,1H3,(H,13,14). The van der Waals surface area contributed by atoms with Crippen LogP contribution < -0.4 is 32.6 Å². The lowest BCUT2D eigenvalue weighted by molar-refractivity contribution is -0.154. The summed E-state index contributed by atoms with van der Waals surface area (Å²) >= 11 is 5.73. The molecule has 14 heteroatoms. The fourth-order valence-corrected chi connectivity index (χ4v) is 3.41. The normalized spacial score (nSPS) is 9.40. The van der Waals surface area contributed by atoms with Gasteiger partial charge in [0, 0.05) is 10.6 Å². The van der Waals surface area contributed by atoms with Gasteiger partial charge >= 0.3 is 23.8 Å². The predicted octanol–water partition coefficient (Wildman–Crippen LogP) is 4.87. The van der Waals surface area contributed by atoms with Crippen LogP contribution in [0.25, 0.3) is 0 Å². The Morgan fingerprint density at radius 3 is 1.52 bits per heavy atom. The molecule has 4 rings (SSSR count). The molecule has 0 aliphatic rings. The van der Waals surface area contributed by atoms with Crippen molar-refractivity contribution in [2.45, 2.75) is 20.3 Å². The van der Waals surface area contributed by atoms with Crippen molar-refractivity contribution in [3.05, 3.63) is 126 Å². The molecule has 0 aliphatic carbocycles. The van der Waals surface area contributed by atoms with E-state index in [4.69, 9.17) is 11.6 Å². The summed E-state index contributed by atoms with van der Waals surface area (Å²) in [5.41, 5.74) is 17.8. The number of carbonyl (C=O) groups is 5. The first-order valence-electron chi connectivity index (χ1n) is 14.7. The lowest BCUT2D eigenvalue weighted by Crippen LogP contribution is -2.36. The molecule has 0 aromatic heterocycles. The zero-order chi connectivity index (χ0) is 35.0. The van der Waals surface area contributed by atoms with Gasteiger partial charge in [0.2, 0.25) is 0 Å². The van der Waals surface area contributed by atoms with E-state index in [0.29, 0.717) is 28.4 Å². The highest BCUT2D eigenvalue weighted by Gasteiger charge is 2.14. The van der Waals surface area contributed by atoms with Crippen molar-refractivity contribution < 1.29 is 33.4 Å². The van der Waals surface area contributed by atoms with Crippen LogP contribution in [-0.4, -0.2) is 42.9 Å². The average molecular weight is 677 g/mol. The van der Waals surface area contributed by atoms with E-state index in [0.717, 1.165) is 5.69 Å². The van der Waals surface area contributed by atoms with Gasteiger partial charge in [0.1, 0.15) is 0 Å². The van der Waals surface area contributed by atoms with Crippen LogP contribution in [0.1, 0.15) is 30.6 Å². The van der Waals surface area contributed by atoms with Crippen LogP contribution in [0, 0.1) is 0 Å². The highest BCUT2D eigenvalue weighted by atomic mass is 35.5. The third-order valence-electron chi connectivity index (χ3n) is 5.45. The Morgan fingerprint density at radius 1 is 0.562 bits per heavy atom. The van der Waals surface area contributed by atoms with Crippen LogP contribution in [0.3, 0.4) is 0 Å². The molecular weight excluding hydrogens is 640 g/mol. The van der Waals surface area contributed by atoms with Crippen LogP contribution in [0.15, 0.2) is 115 Å². The Bertz CT molecular complexity index is 1580. The van der Waals surface area contributed by atoms with Crippen LogP contribution in [0.5, 0.6) is 0 Å². The average Bonchev–Trinajstić information content (AvgIpc) is 3.12. The van der Waals surface area contributed by atoms with Gasteiger partial charge in [0.05, 0.1) is 30.3 Å². The first kappa shape index (κ1) is 38.1. The number of hydrogen-bond donors (Lipinski definition) is 6. The van der Waals surface area contributed by atoms with E-state index >= 15 is 0 Å². The molecule has 6 N–H and O–H groups in total. The molecule has 3 amide bonds. The number of halogens is 1. The third-order valence-corrected chi connectivity index (χ3v) is 5.69. The quantitative estimate of drug-likeness (QED) is 0.0772. The van der Waals surface area contributed by atoms with Gasteiger partial charge in [-0.15, -0.1) is 0 Å². The van der Waals surface area contributed by atoms with E-state index in [2.05, 4.69) is 42.0 Å². The van der Waals surface area contributed by atoms with E-state index in [-0.39, 0.29) is 19.1 Å². The monoisotopic (exact) mass is 676 g/mol. The highest BCUT2D eigenvalue weighted by molar-refractivity contribution is 6.33. The van der Waals surface area contributed by atoms with E-state index < -0.39 is 23.8 Å². The summed E-state index contributed by atoms with van der Waals surface area (Å²) in [7, 11) is 0. The molecule has 0 radical (unpaired) electrons. The Kier molecular flexibility index (Phi) is 17.8. The summed E-state index contributed by atoms with van der Waals surface area (Å²) in [5, 5.41) is 0.524. The molecule has 0 heterocycles.